The van der Waals surface area contributed by atoms with Gasteiger partial charge in [0.1, 0.15) is 18.5 Å². The van der Waals surface area contributed by atoms with Gasteiger partial charge in [0, 0.05) is 51.7 Å². The van der Waals surface area contributed by atoms with E-state index < -0.39 is 83.2 Å². The van der Waals surface area contributed by atoms with E-state index in [4.69, 9.17) is 41.5 Å². The van der Waals surface area contributed by atoms with Gasteiger partial charge in [0.2, 0.25) is 12.4 Å². The number of rotatable bonds is 19. The first-order chi connectivity index (χ1) is 25.1. The summed E-state index contributed by atoms with van der Waals surface area (Å²) in [6, 6.07) is 9.56. The Balaban J connectivity index is 2.04. The smallest absolute Gasteiger partial charge is 0.463 e. The van der Waals surface area contributed by atoms with Gasteiger partial charge < -0.3 is 46.8 Å². The lowest BCUT2D eigenvalue weighted by molar-refractivity contribution is -0.288. The van der Waals surface area contributed by atoms with Gasteiger partial charge in [-0.1, -0.05) is 41.4 Å². The number of benzene rings is 2. The average Bonchev–Trinajstić information content (AvgIpc) is 3.08. The summed E-state index contributed by atoms with van der Waals surface area (Å²) < 4.78 is 75.6. The van der Waals surface area contributed by atoms with Gasteiger partial charge >= 0.3 is 34.3 Å². The summed E-state index contributed by atoms with van der Waals surface area (Å²) in [4.78, 5) is 61.4. The van der Waals surface area contributed by atoms with Gasteiger partial charge in [0.25, 0.3) is 5.91 Å². The number of alkyl halides is 1. The van der Waals surface area contributed by atoms with Crippen LogP contribution in [0.25, 0.3) is 0 Å². The maximum atomic E-state index is 13.2. The molecule has 0 spiro atoms. The second-order valence-electron chi connectivity index (χ2n) is 11.4. The van der Waals surface area contributed by atoms with Crippen LogP contribution in [0.1, 0.15) is 63.4 Å². The Morgan fingerprint density at radius 3 is 2.04 bits per heavy atom. The first-order valence-corrected chi connectivity index (χ1v) is 18.8. The van der Waals surface area contributed by atoms with E-state index in [2.05, 4.69) is 21.2 Å². The van der Waals surface area contributed by atoms with Crippen LogP contribution < -0.4 is 18.4 Å². The molecule has 1 fully saturated rings. The van der Waals surface area contributed by atoms with Crippen LogP contribution in [-0.2, 0) is 63.3 Å². The van der Waals surface area contributed by atoms with Crippen molar-refractivity contribution >= 4 is 56.1 Å². The van der Waals surface area contributed by atoms with Crippen molar-refractivity contribution in [2.45, 2.75) is 83.5 Å². The zero-order valence-corrected chi connectivity index (χ0v) is 32.1. The van der Waals surface area contributed by atoms with Gasteiger partial charge in [-0.25, -0.2) is 0 Å². The van der Waals surface area contributed by atoms with E-state index in [1.165, 1.54) is 24.3 Å². The van der Waals surface area contributed by atoms with Crippen molar-refractivity contribution in [1.29, 1.82) is 0 Å². The summed E-state index contributed by atoms with van der Waals surface area (Å²) in [5.41, 5.74) is 0.782. The summed E-state index contributed by atoms with van der Waals surface area (Å²) >= 11 is 3.31. The molecule has 3 rings (SSSR count). The highest BCUT2D eigenvalue weighted by molar-refractivity contribution is 9.08. The molecule has 0 saturated carbocycles. The number of carbonyl (C=O) groups excluding carboxylic acids is 5. The second-order valence-corrected chi connectivity index (χ2v) is 13.1. The van der Waals surface area contributed by atoms with Crippen molar-refractivity contribution in [3.8, 4) is 17.2 Å². The Morgan fingerprint density at radius 1 is 0.792 bits per heavy atom. The van der Waals surface area contributed by atoms with E-state index in [9.17, 15) is 32.4 Å². The zero-order valence-electron chi connectivity index (χ0n) is 29.7. The number of hydrogen-bond donors (Lipinski definition) is 1. The molecular weight excluding hydrogens is 790 g/mol. The van der Waals surface area contributed by atoms with E-state index in [0.717, 1.165) is 52.2 Å². The number of nitrogens with one attached hydrogen (secondary N) is 1. The molecule has 1 heterocycles. The molecule has 5 atom stereocenters. The number of ether oxygens (including phenoxy) is 7. The highest BCUT2D eigenvalue weighted by atomic mass is 79.9. The normalized spacial score (nSPS) is 19.6. The SMILES string of the molecule is CCCCOCCNC(=O)c1ccc(OC2O[C@H](COC(C)=O)[C@H](OC(C)=O)[C@H](OC(C)=O)[C@@H]2OC(C)=O)c(OS(=O)(=O)Oc2ccc(CBr)cc2)c1. The maximum absolute atomic E-state index is 13.2. The van der Waals surface area contributed by atoms with Crippen LogP contribution in [0.15, 0.2) is 42.5 Å². The van der Waals surface area contributed by atoms with Crippen LogP contribution in [-0.4, -0.2) is 95.3 Å². The molecule has 0 aliphatic carbocycles. The summed E-state index contributed by atoms with van der Waals surface area (Å²) in [5.74, 6) is -5.00. The lowest BCUT2D eigenvalue weighted by Crippen LogP contribution is -2.63. The summed E-state index contributed by atoms with van der Waals surface area (Å²) in [5, 5.41) is 3.17. The van der Waals surface area contributed by atoms with Crippen LogP contribution in [0.3, 0.4) is 0 Å². The molecule has 1 aliphatic heterocycles. The molecule has 19 heteroatoms. The molecule has 0 bridgehead atoms. The topological polar surface area (TPSA) is 215 Å². The van der Waals surface area contributed by atoms with Gasteiger partial charge in [-0.15, -0.1) is 8.42 Å². The van der Waals surface area contributed by atoms with Crippen molar-refractivity contribution in [2.75, 3.05) is 26.4 Å². The minimum atomic E-state index is -4.91. The number of esters is 4. The highest BCUT2D eigenvalue weighted by Crippen LogP contribution is 2.36. The van der Waals surface area contributed by atoms with Crippen LogP contribution in [0.2, 0.25) is 0 Å². The number of amides is 1. The molecule has 2 aromatic carbocycles. The Kier molecular flexibility index (Phi) is 16.8. The van der Waals surface area contributed by atoms with E-state index in [-0.39, 0.29) is 30.2 Å². The van der Waals surface area contributed by atoms with Crippen molar-refractivity contribution in [3.05, 3.63) is 53.6 Å². The Labute approximate surface area is 315 Å². The zero-order chi connectivity index (χ0) is 39.1. The van der Waals surface area contributed by atoms with E-state index in [1.807, 2.05) is 6.92 Å². The van der Waals surface area contributed by atoms with Crippen molar-refractivity contribution in [1.82, 2.24) is 5.32 Å². The van der Waals surface area contributed by atoms with Gasteiger partial charge in [-0.2, -0.15) is 0 Å². The Hall–Kier alpha value is -4.46. The number of halogens is 1. The predicted molar refractivity (Wildman–Crippen MR) is 186 cm³/mol. The maximum Gasteiger partial charge on any atom is 0.501 e. The summed E-state index contributed by atoms with van der Waals surface area (Å²) in [7, 11) is -4.91. The van der Waals surface area contributed by atoms with Gasteiger partial charge in [0.05, 0.1) is 6.61 Å². The van der Waals surface area contributed by atoms with Gasteiger partial charge in [-0.3, -0.25) is 24.0 Å². The van der Waals surface area contributed by atoms with E-state index >= 15 is 0 Å². The lowest BCUT2D eigenvalue weighted by atomic mass is 9.98. The minimum Gasteiger partial charge on any atom is -0.463 e. The fourth-order valence-electron chi connectivity index (χ4n) is 4.79. The third-order valence-electron chi connectivity index (χ3n) is 7.04. The number of hydrogen-bond acceptors (Lipinski definition) is 16. The van der Waals surface area contributed by atoms with E-state index in [1.54, 1.807) is 12.1 Å². The molecule has 0 radical (unpaired) electrons. The molecular formula is C34H42BrNO16S. The summed E-state index contributed by atoms with van der Waals surface area (Å²) in [6.07, 6.45) is -6.03. The molecule has 1 N–H and O–H groups in total. The second kappa shape index (κ2) is 20.7. The third-order valence-corrected chi connectivity index (χ3v) is 8.47. The van der Waals surface area contributed by atoms with Crippen LogP contribution in [0.4, 0.5) is 0 Å². The van der Waals surface area contributed by atoms with Crippen molar-refractivity contribution in [2.24, 2.45) is 0 Å². The molecule has 17 nitrogen and oxygen atoms in total. The van der Waals surface area contributed by atoms with Crippen LogP contribution in [0, 0.1) is 0 Å². The Bertz CT molecular complexity index is 1690. The molecule has 292 valence electrons. The van der Waals surface area contributed by atoms with Crippen LogP contribution in [0.5, 0.6) is 17.2 Å². The Morgan fingerprint density at radius 2 is 1.43 bits per heavy atom. The predicted octanol–water partition coefficient (Wildman–Crippen LogP) is 3.29. The molecule has 1 aliphatic rings. The van der Waals surface area contributed by atoms with Crippen molar-refractivity contribution < 1.29 is 73.9 Å². The van der Waals surface area contributed by atoms with Crippen LogP contribution >= 0.6 is 15.9 Å². The van der Waals surface area contributed by atoms with Gasteiger partial charge in [0.15, 0.2) is 23.7 Å². The quantitative estimate of drug-likeness (QED) is 0.0931. The summed E-state index contributed by atoms with van der Waals surface area (Å²) in [6.45, 7) is 6.64. The highest BCUT2D eigenvalue weighted by Gasteiger charge is 2.53. The molecule has 1 saturated heterocycles. The third kappa shape index (κ3) is 14.1. The van der Waals surface area contributed by atoms with E-state index in [0.29, 0.717) is 11.9 Å². The number of unbranched alkanes of at least 4 members (excludes halogenated alkanes) is 1. The monoisotopic (exact) mass is 831 g/mol. The number of carbonyl (C=O) groups is 5. The standard InChI is InChI=1S/C34H42BrNO16S/c1-6-7-15-44-16-14-36-33(41)25-10-13-27(28(17-25)52-53(42,43)51-26-11-8-24(18-35)9-12-26)49-34-32(48-23(5)40)31(47-22(4)39)30(46-21(3)38)29(50-34)19-45-20(2)37/h8-13,17,29-32,34H,6-7,14-16,18-19H2,1-5H3,(H,36,41)/t29-,30+,31+,32+,34?/m1/s1. The first kappa shape index (κ1) is 42.9. The lowest BCUT2D eigenvalue weighted by Gasteiger charge is -2.43. The molecule has 2 aromatic rings. The molecule has 0 aromatic heterocycles. The van der Waals surface area contributed by atoms with Crippen molar-refractivity contribution in [3.63, 3.8) is 0 Å². The van der Waals surface area contributed by atoms with Gasteiger partial charge in [-0.05, 0) is 42.3 Å². The largest absolute Gasteiger partial charge is 0.501 e. The molecule has 1 amide bonds. The average molecular weight is 833 g/mol. The fraction of sp³-hybridized carbons (Fsp3) is 0.500. The minimum absolute atomic E-state index is 0.0562. The molecule has 53 heavy (non-hydrogen) atoms. The fourth-order valence-corrected chi connectivity index (χ4v) is 5.89. The first-order valence-electron chi connectivity index (χ1n) is 16.4. The molecule has 1 unspecified atom stereocenters.